The number of benzene rings is 1. The van der Waals surface area contributed by atoms with Crippen LogP contribution >= 0.6 is 11.6 Å². The van der Waals surface area contributed by atoms with E-state index >= 15 is 0 Å². The van der Waals surface area contributed by atoms with Crippen LogP contribution in [0.5, 0.6) is 0 Å². The summed E-state index contributed by atoms with van der Waals surface area (Å²) < 4.78 is 38.1. The van der Waals surface area contributed by atoms with Gasteiger partial charge in [0.05, 0.1) is 17.3 Å². The molecule has 0 atom stereocenters. The van der Waals surface area contributed by atoms with Crippen LogP contribution in [0.4, 0.5) is 4.39 Å². The van der Waals surface area contributed by atoms with Gasteiger partial charge in [-0.05, 0) is 31.0 Å². The quantitative estimate of drug-likeness (QED) is 0.853. The second kappa shape index (κ2) is 4.37. The smallest absolute Gasteiger partial charge is 0.203 e. The van der Waals surface area contributed by atoms with Crippen molar-refractivity contribution >= 4 is 21.6 Å². The van der Waals surface area contributed by atoms with Crippen LogP contribution in [0.3, 0.4) is 0 Å². The molecule has 0 aliphatic rings. The molecule has 2 aromatic rings. The van der Waals surface area contributed by atoms with Crippen LogP contribution in [0.25, 0.3) is 0 Å². The van der Waals surface area contributed by atoms with Crippen molar-refractivity contribution in [3.8, 4) is 0 Å². The molecule has 0 unspecified atom stereocenters. The van der Waals surface area contributed by atoms with Crippen LogP contribution in [0.2, 0.25) is 5.02 Å². The van der Waals surface area contributed by atoms with E-state index in [2.05, 4.69) is 5.10 Å². The van der Waals surface area contributed by atoms with Gasteiger partial charge in [0.2, 0.25) is 0 Å². The van der Waals surface area contributed by atoms with E-state index < -0.39 is 15.8 Å². The van der Waals surface area contributed by atoms with Gasteiger partial charge in [0, 0.05) is 5.02 Å². The second-order valence-electron chi connectivity index (χ2n) is 3.85. The summed E-state index contributed by atoms with van der Waals surface area (Å²) in [6, 6.07) is 3.22. The van der Waals surface area contributed by atoms with E-state index in [1.807, 2.05) is 0 Å². The van der Waals surface area contributed by atoms with E-state index in [4.69, 9.17) is 11.6 Å². The number of rotatable bonds is 2. The maximum absolute atomic E-state index is 12.9. The van der Waals surface area contributed by atoms with Crippen molar-refractivity contribution in [3.63, 3.8) is 0 Å². The Morgan fingerprint density at radius 3 is 2.56 bits per heavy atom. The monoisotopic (exact) mass is 288 g/mol. The van der Waals surface area contributed by atoms with Crippen molar-refractivity contribution in [3.05, 3.63) is 46.5 Å². The predicted molar refractivity (Wildman–Crippen MR) is 65.7 cm³/mol. The summed E-state index contributed by atoms with van der Waals surface area (Å²) >= 11 is 5.92. The van der Waals surface area contributed by atoms with E-state index in [1.54, 1.807) is 26.0 Å². The molecule has 2 rings (SSSR count). The van der Waals surface area contributed by atoms with Gasteiger partial charge in [-0.15, -0.1) is 0 Å². The van der Waals surface area contributed by atoms with E-state index in [9.17, 15) is 12.8 Å². The first-order valence-corrected chi connectivity index (χ1v) is 6.87. The lowest BCUT2D eigenvalue weighted by atomic mass is 10.1. The average molecular weight is 289 g/mol. The molecule has 0 spiro atoms. The minimum absolute atomic E-state index is 0.0538. The summed E-state index contributed by atoms with van der Waals surface area (Å²) in [6.45, 7) is 3.25. The van der Waals surface area contributed by atoms with Crippen molar-refractivity contribution in [2.75, 3.05) is 0 Å². The highest BCUT2D eigenvalue weighted by molar-refractivity contribution is 7.90. The van der Waals surface area contributed by atoms with Gasteiger partial charge in [-0.25, -0.2) is 4.39 Å². The molecule has 0 saturated heterocycles. The minimum atomic E-state index is -3.92. The highest BCUT2D eigenvalue weighted by Crippen LogP contribution is 2.27. The van der Waals surface area contributed by atoms with Crippen LogP contribution in [0, 0.1) is 19.7 Å². The average Bonchev–Trinajstić information content (AvgIpc) is 2.71. The van der Waals surface area contributed by atoms with Gasteiger partial charge in [0.1, 0.15) is 0 Å². The Balaban J connectivity index is 2.73. The molecule has 0 bridgehead atoms. The van der Waals surface area contributed by atoms with Crippen LogP contribution < -0.4 is 0 Å². The Hall–Kier alpha value is -1.40. The molecule has 0 amide bonds. The van der Waals surface area contributed by atoms with Crippen molar-refractivity contribution < 1.29 is 12.8 Å². The second-order valence-corrected chi connectivity index (χ2v) is 5.99. The fourth-order valence-electron chi connectivity index (χ4n) is 1.71. The van der Waals surface area contributed by atoms with Crippen LogP contribution in [0.1, 0.15) is 11.1 Å². The van der Waals surface area contributed by atoms with Gasteiger partial charge in [-0.1, -0.05) is 17.7 Å². The predicted octanol–water partition coefficient (Wildman–Crippen LogP) is 2.53. The SMILES string of the molecule is Cc1ccc(Cl)c(C)c1S(=O)(=O)n1cc(F)cn1. The Bertz CT molecular complexity index is 710. The maximum Gasteiger partial charge on any atom is 0.283 e. The first-order chi connectivity index (χ1) is 8.34. The number of halogens is 2. The van der Waals surface area contributed by atoms with Gasteiger partial charge in [-0.3, -0.25) is 0 Å². The molecular formula is C11H10ClFN2O2S. The largest absolute Gasteiger partial charge is 0.283 e. The number of aromatic nitrogens is 2. The zero-order chi connectivity index (χ0) is 13.5. The number of hydrogen-bond donors (Lipinski definition) is 0. The van der Waals surface area contributed by atoms with Crippen LogP contribution in [-0.2, 0) is 10.0 Å². The van der Waals surface area contributed by atoms with Gasteiger partial charge in [-0.2, -0.15) is 17.6 Å². The molecule has 1 aromatic heterocycles. The molecule has 0 fully saturated rings. The summed E-state index contributed by atoms with van der Waals surface area (Å²) in [6.07, 6.45) is 1.65. The molecule has 18 heavy (non-hydrogen) atoms. The van der Waals surface area contributed by atoms with E-state index in [1.165, 1.54) is 0 Å². The molecule has 1 aromatic carbocycles. The molecule has 0 radical (unpaired) electrons. The summed E-state index contributed by atoms with van der Waals surface area (Å²) in [5, 5.41) is 3.83. The highest BCUT2D eigenvalue weighted by Gasteiger charge is 2.24. The lowest BCUT2D eigenvalue weighted by Gasteiger charge is -2.11. The Kier molecular flexibility index (Phi) is 3.16. The lowest BCUT2D eigenvalue weighted by Crippen LogP contribution is -2.16. The first-order valence-electron chi connectivity index (χ1n) is 5.05. The Morgan fingerprint density at radius 2 is 2.00 bits per heavy atom. The highest BCUT2D eigenvalue weighted by atomic mass is 35.5. The topological polar surface area (TPSA) is 52.0 Å². The molecule has 7 heteroatoms. The molecule has 96 valence electrons. The van der Waals surface area contributed by atoms with Gasteiger partial charge in [0.15, 0.2) is 5.82 Å². The number of hydrogen-bond acceptors (Lipinski definition) is 3. The summed E-state index contributed by atoms with van der Waals surface area (Å²) in [7, 11) is -3.92. The molecule has 4 nitrogen and oxygen atoms in total. The molecule has 0 N–H and O–H groups in total. The summed E-state index contributed by atoms with van der Waals surface area (Å²) in [4.78, 5) is 0.0538. The van der Waals surface area contributed by atoms with Crippen LogP contribution in [0.15, 0.2) is 29.4 Å². The molecule has 0 saturated carbocycles. The summed E-state index contributed by atoms with van der Waals surface area (Å²) in [5.74, 6) is -0.712. The van der Waals surface area contributed by atoms with Gasteiger partial charge < -0.3 is 0 Å². The van der Waals surface area contributed by atoms with Gasteiger partial charge >= 0.3 is 0 Å². The van der Waals surface area contributed by atoms with Crippen molar-refractivity contribution in [1.82, 2.24) is 9.19 Å². The normalized spacial score (nSPS) is 11.8. The Labute approximate surface area is 109 Å². The molecular weight excluding hydrogens is 279 g/mol. The van der Waals surface area contributed by atoms with Crippen molar-refractivity contribution in [2.45, 2.75) is 18.7 Å². The molecule has 1 heterocycles. The zero-order valence-corrected chi connectivity index (χ0v) is 11.3. The van der Waals surface area contributed by atoms with E-state index in [0.29, 0.717) is 20.2 Å². The van der Waals surface area contributed by atoms with Crippen LogP contribution in [-0.4, -0.2) is 17.6 Å². The third kappa shape index (κ3) is 2.02. The van der Waals surface area contributed by atoms with E-state index in [-0.39, 0.29) is 4.90 Å². The summed E-state index contributed by atoms with van der Waals surface area (Å²) in [5.41, 5.74) is 0.959. The number of aryl methyl sites for hydroxylation is 1. The lowest BCUT2D eigenvalue weighted by molar-refractivity contribution is 0.577. The van der Waals surface area contributed by atoms with Gasteiger partial charge in [0.25, 0.3) is 10.0 Å². The number of nitrogens with zero attached hydrogens (tertiary/aromatic N) is 2. The van der Waals surface area contributed by atoms with Crippen molar-refractivity contribution in [1.29, 1.82) is 0 Å². The van der Waals surface area contributed by atoms with E-state index in [0.717, 1.165) is 12.4 Å². The fourth-order valence-corrected chi connectivity index (χ4v) is 3.49. The molecule has 0 aliphatic heterocycles. The molecule has 0 aliphatic carbocycles. The maximum atomic E-state index is 12.9. The first kappa shape index (κ1) is 13.0. The third-order valence-electron chi connectivity index (χ3n) is 2.57. The zero-order valence-electron chi connectivity index (χ0n) is 9.68. The Morgan fingerprint density at radius 1 is 1.33 bits per heavy atom. The van der Waals surface area contributed by atoms with Crippen molar-refractivity contribution in [2.24, 2.45) is 0 Å². The third-order valence-corrected chi connectivity index (χ3v) is 4.82. The standard InChI is InChI=1S/C11H10ClFN2O2S/c1-7-3-4-10(12)8(2)11(7)18(16,17)15-6-9(13)5-14-15/h3-6H,1-2H3. The minimum Gasteiger partial charge on any atom is -0.203 e. The fraction of sp³-hybridized carbons (Fsp3) is 0.182.